The lowest BCUT2D eigenvalue weighted by molar-refractivity contribution is -0.0950. The number of methoxy groups -OCH3 is 2. The van der Waals surface area contributed by atoms with Crippen molar-refractivity contribution in [3.63, 3.8) is 0 Å². The van der Waals surface area contributed by atoms with Crippen molar-refractivity contribution < 1.29 is 28.4 Å². The molecule has 0 saturated carbocycles. The number of nitrogens with one attached hydrogen (secondary N) is 1. The van der Waals surface area contributed by atoms with E-state index in [1.54, 1.807) is 14.2 Å². The number of hydrogen-bond acceptors (Lipinski definition) is 7. The monoisotopic (exact) mass is 562 g/mol. The number of H-pyrrole nitrogens is 1. The number of aliphatic hydroxyl groups excluding tert-OH is 1. The number of alkyl halides is 1. The lowest BCUT2D eigenvalue weighted by atomic mass is 9.80. The number of halogens is 1. The third-order valence-corrected chi connectivity index (χ3v) is 7.35. The van der Waals surface area contributed by atoms with Gasteiger partial charge < -0.3 is 24.1 Å². The van der Waals surface area contributed by atoms with E-state index < -0.39 is 41.5 Å². The predicted molar refractivity (Wildman–Crippen MR) is 149 cm³/mol. The van der Waals surface area contributed by atoms with Crippen molar-refractivity contribution in [3.8, 4) is 11.5 Å². The van der Waals surface area contributed by atoms with E-state index in [2.05, 4.69) is 4.98 Å². The van der Waals surface area contributed by atoms with Gasteiger partial charge >= 0.3 is 5.69 Å². The largest absolute Gasteiger partial charge is 0.497 e. The Morgan fingerprint density at radius 3 is 1.98 bits per heavy atom. The van der Waals surface area contributed by atoms with Gasteiger partial charge in [-0.15, -0.1) is 0 Å². The van der Waals surface area contributed by atoms with Crippen LogP contribution in [-0.2, 0) is 15.1 Å². The summed E-state index contributed by atoms with van der Waals surface area (Å²) in [5.41, 5.74) is -0.131. The van der Waals surface area contributed by atoms with Crippen molar-refractivity contribution in [3.05, 3.63) is 128 Å². The van der Waals surface area contributed by atoms with E-state index in [0.717, 1.165) is 21.3 Å². The Hall–Kier alpha value is -4.25. The van der Waals surface area contributed by atoms with Crippen LogP contribution in [0.2, 0.25) is 0 Å². The molecule has 1 aromatic heterocycles. The second-order valence-electron chi connectivity index (χ2n) is 9.79. The summed E-state index contributed by atoms with van der Waals surface area (Å²) >= 11 is 0. The van der Waals surface area contributed by atoms with Crippen molar-refractivity contribution in [2.75, 3.05) is 20.8 Å². The van der Waals surface area contributed by atoms with Crippen LogP contribution in [-0.4, -0.2) is 53.9 Å². The molecule has 1 fully saturated rings. The number of hydrogen-bond donors (Lipinski definition) is 2. The van der Waals surface area contributed by atoms with Crippen LogP contribution < -0.4 is 20.7 Å². The van der Waals surface area contributed by atoms with E-state index in [9.17, 15) is 14.7 Å². The Balaban J connectivity index is 1.56. The molecule has 4 aromatic rings. The summed E-state index contributed by atoms with van der Waals surface area (Å²) in [4.78, 5) is 26.4. The summed E-state index contributed by atoms with van der Waals surface area (Å²) < 4.78 is 39.6. The average molecular weight is 563 g/mol. The Labute approximate surface area is 235 Å². The number of aromatic nitrogens is 2. The van der Waals surface area contributed by atoms with E-state index >= 15 is 4.39 Å². The maximum Gasteiger partial charge on any atom is 0.330 e. The Morgan fingerprint density at radius 1 is 0.902 bits per heavy atom. The van der Waals surface area contributed by atoms with Gasteiger partial charge in [0.05, 0.1) is 20.8 Å². The van der Waals surface area contributed by atoms with Crippen LogP contribution in [0.5, 0.6) is 11.5 Å². The van der Waals surface area contributed by atoms with Crippen molar-refractivity contribution in [1.29, 1.82) is 0 Å². The van der Waals surface area contributed by atoms with E-state index in [4.69, 9.17) is 18.9 Å². The first kappa shape index (κ1) is 28.3. The van der Waals surface area contributed by atoms with Crippen LogP contribution in [0.3, 0.4) is 0 Å². The van der Waals surface area contributed by atoms with Crippen LogP contribution in [0.1, 0.15) is 28.5 Å². The Kier molecular flexibility index (Phi) is 8.07. The van der Waals surface area contributed by atoms with Gasteiger partial charge in [-0.05, 0) is 47.9 Å². The predicted octanol–water partition coefficient (Wildman–Crippen LogP) is 3.47. The number of nitrogens with zero attached hydrogens (tertiary/aromatic N) is 1. The molecule has 1 aliphatic rings. The molecule has 2 heterocycles. The van der Waals surface area contributed by atoms with Gasteiger partial charge in [-0.25, -0.2) is 9.18 Å². The zero-order valence-corrected chi connectivity index (χ0v) is 22.8. The van der Waals surface area contributed by atoms with Crippen molar-refractivity contribution in [2.24, 2.45) is 0 Å². The molecule has 0 amide bonds. The van der Waals surface area contributed by atoms with E-state index in [1.807, 2.05) is 78.9 Å². The van der Waals surface area contributed by atoms with Crippen molar-refractivity contribution >= 4 is 0 Å². The molecule has 4 atom stereocenters. The smallest absolute Gasteiger partial charge is 0.330 e. The fraction of sp³-hybridized carbons (Fsp3) is 0.290. The first-order valence-corrected chi connectivity index (χ1v) is 13.1. The zero-order chi connectivity index (χ0) is 29.1. The van der Waals surface area contributed by atoms with E-state index in [0.29, 0.717) is 11.5 Å². The van der Waals surface area contributed by atoms with Gasteiger partial charge in [0.25, 0.3) is 5.56 Å². The van der Waals surface area contributed by atoms with Gasteiger partial charge in [0.15, 0.2) is 12.4 Å². The van der Waals surface area contributed by atoms with Gasteiger partial charge in [-0.2, -0.15) is 0 Å². The Bertz CT molecular complexity index is 1540. The van der Waals surface area contributed by atoms with Gasteiger partial charge in [0.1, 0.15) is 29.3 Å². The molecule has 0 unspecified atom stereocenters. The normalized spacial score (nSPS) is 20.6. The summed E-state index contributed by atoms with van der Waals surface area (Å²) in [6.07, 6.45) is -4.90. The fourth-order valence-corrected chi connectivity index (χ4v) is 5.12. The van der Waals surface area contributed by atoms with Crippen molar-refractivity contribution in [1.82, 2.24) is 9.55 Å². The molecule has 10 heteroatoms. The molecule has 41 heavy (non-hydrogen) atoms. The second-order valence-corrected chi connectivity index (χ2v) is 9.79. The molecular weight excluding hydrogens is 531 g/mol. The first-order valence-electron chi connectivity index (χ1n) is 13.1. The number of aryl methyl sites for hydroxylation is 1. The molecule has 9 nitrogen and oxygen atoms in total. The minimum atomic E-state index is -1.94. The molecular formula is C31H31FN2O7. The van der Waals surface area contributed by atoms with Gasteiger partial charge in [-0.1, -0.05) is 54.6 Å². The van der Waals surface area contributed by atoms with Crippen molar-refractivity contribution in [2.45, 2.75) is 37.1 Å². The molecule has 1 aliphatic heterocycles. The molecule has 0 radical (unpaired) electrons. The third-order valence-electron chi connectivity index (χ3n) is 7.35. The van der Waals surface area contributed by atoms with E-state index in [-0.39, 0.29) is 12.2 Å². The molecule has 1 saturated heterocycles. The van der Waals surface area contributed by atoms with Gasteiger partial charge in [-0.3, -0.25) is 14.3 Å². The average Bonchev–Trinajstić information content (AvgIpc) is 3.29. The molecule has 2 N–H and O–H groups in total. The number of aliphatic hydroxyl groups is 1. The molecule has 0 bridgehead atoms. The number of rotatable bonds is 9. The maximum atomic E-state index is 15.4. The molecule has 0 aliphatic carbocycles. The molecule has 5 rings (SSSR count). The maximum absolute atomic E-state index is 15.4. The highest BCUT2D eigenvalue weighted by atomic mass is 19.1. The fourth-order valence-electron chi connectivity index (χ4n) is 5.12. The summed E-state index contributed by atoms with van der Waals surface area (Å²) in [5.74, 6) is 1.31. The number of benzene rings is 3. The highest BCUT2D eigenvalue weighted by Crippen LogP contribution is 2.43. The SMILES string of the molecule is COc1ccc(C(OC[C@H]2O[C@H](n3cc(C)c(=O)[nH]c3=O)[C@H](F)[C@@H]2O)(c2ccccc2)c2ccc(OC)cc2)cc1. The Morgan fingerprint density at radius 2 is 1.44 bits per heavy atom. The summed E-state index contributed by atoms with van der Waals surface area (Å²) in [6.45, 7) is 1.26. The topological polar surface area (TPSA) is 112 Å². The summed E-state index contributed by atoms with van der Waals surface area (Å²) in [7, 11) is 3.16. The first-order chi connectivity index (χ1) is 19.8. The van der Waals surface area contributed by atoms with Gasteiger partial charge in [0, 0.05) is 11.8 Å². The third kappa shape index (κ3) is 5.29. The lowest BCUT2D eigenvalue weighted by Gasteiger charge is -2.37. The molecule has 214 valence electrons. The van der Waals surface area contributed by atoms with Crippen LogP contribution in [0.25, 0.3) is 0 Å². The number of aromatic amines is 1. The minimum absolute atomic E-state index is 0.205. The van der Waals surface area contributed by atoms with Crippen LogP contribution in [0.15, 0.2) is 94.6 Å². The van der Waals surface area contributed by atoms with Gasteiger partial charge in [0.2, 0.25) is 0 Å². The van der Waals surface area contributed by atoms with Crippen LogP contribution in [0, 0.1) is 6.92 Å². The second kappa shape index (κ2) is 11.7. The van der Waals surface area contributed by atoms with Crippen LogP contribution in [0.4, 0.5) is 4.39 Å². The molecule has 3 aromatic carbocycles. The number of ether oxygens (including phenoxy) is 4. The standard InChI is InChI=1S/C31H31FN2O7/c1-19-17-34(30(37)33-28(19)36)29-26(32)27(35)25(41-29)18-40-31(20-7-5-4-6-8-20,21-9-13-23(38-2)14-10-21)22-11-15-24(39-3)16-12-22/h4-17,25-27,29,35H,18H2,1-3H3,(H,33,36,37)/t25-,26-,27-,29+/m1/s1. The summed E-state index contributed by atoms with van der Waals surface area (Å²) in [5, 5.41) is 10.8. The quantitative estimate of drug-likeness (QED) is 0.301. The summed E-state index contributed by atoms with van der Waals surface area (Å²) in [6, 6.07) is 24.3. The van der Waals surface area contributed by atoms with Crippen LogP contribution >= 0.6 is 0 Å². The molecule has 0 spiro atoms. The minimum Gasteiger partial charge on any atom is -0.497 e. The highest BCUT2D eigenvalue weighted by Gasteiger charge is 2.47. The lowest BCUT2D eigenvalue weighted by Crippen LogP contribution is -2.39. The zero-order valence-electron chi connectivity index (χ0n) is 22.8. The van der Waals surface area contributed by atoms with E-state index in [1.165, 1.54) is 13.1 Å². The highest BCUT2D eigenvalue weighted by molar-refractivity contribution is 5.49.